The number of carboxylic acids is 1. The second kappa shape index (κ2) is 9.18. The Balaban J connectivity index is 1.98. The van der Waals surface area contributed by atoms with Crippen LogP contribution in [0.5, 0.6) is 0 Å². The molecule has 3 N–H and O–H groups in total. The van der Waals surface area contributed by atoms with Crippen molar-refractivity contribution in [3.05, 3.63) is 59.7 Å². The second-order valence-electron chi connectivity index (χ2n) is 6.01. The van der Waals surface area contributed by atoms with Crippen molar-refractivity contribution in [2.24, 2.45) is 0 Å². The third-order valence-electron chi connectivity index (χ3n) is 3.76. The maximum atomic E-state index is 12.2. The molecule has 0 bridgehead atoms. The van der Waals surface area contributed by atoms with Gasteiger partial charge in [0.2, 0.25) is 15.9 Å². The fourth-order valence-corrected chi connectivity index (χ4v) is 3.70. The van der Waals surface area contributed by atoms with Crippen molar-refractivity contribution in [1.82, 2.24) is 0 Å². The van der Waals surface area contributed by atoms with Crippen LogP contribution in [0.3, 0.4) is 0 Å². The predicted molar refractivity (Wildman–Crippen MR) is 104 cm³/mol. The molecule has 0 aliphatic heterocycles. The first-order valence-electron chi connectivity index (χ1n) is 8.52. The first-order chi connectivity index (χ1) is 12.8. The minimum Gasteiger partial charge on any atom is -0.478 e. The van der Waals surface area contributed by atoms with Crippen molar-refractivity contribution in [2.45, 2.75) is 26.2 Å². The van der Waals surface area contributed by atoms with E-state index in [0.29, 0.717) is 23.4 Å². The van der Waals surface area contributed by atoms with Gasteiger partial charge in [0.25, 0.3) is 0 Å². The molecule has 0 saturated heterocycles. The number of carbonyl (C=O) groups excluding carboxylic acids is 1. The lowest BCUT2D eigenvalue weighted by Gasteiger charge is -2.10. The Bertz CT molecular complexity index is 925. The van der Waals surface area contributed by atoms with E-state index < -0.39 is 16.0 Å². The van der Waals surface area contributed by atoms with Crippen molar-refractivity contribution in [2.75, 3.05) is 15.8 Å². The Morgan fingerprint density at radius 2 is 1.74 bits per heavy atom. The summed E-state index contributed by atoms with van der Waals surface area (Å²) >= 11 is 0. The number of hydrogen-bond donors (Lipinski definition) is 3. The topological polar surface area (TPSA) is 113 Å². The van der Waals surface area contributed by atoms with Crippen LogP contribution in [-0.4, -0.2) is 31.2 Å². The van der Waals surface area contributed by atoms with Crippen LogP contribution < -0.4 is 10.0 Å². The number of hydrogen-bond acceptors (Lipinski definition) is 4. The fraction of sp³-hybridized carbons (Fsp3) is 0.263. The van der Waals surface area contributed by atoms with E-state index in [-0.39, 0.29) is 30.1 Å². The number of aryl methyl sites for hydroxylation is 1. The van der Waals surface area contributed by atoms with E-state index in [1.165, 1.54) is 12.1 Å². The van der Waals surface area contributed by atoms with Crippen LogP contribution in [0, 0.1) is 0 Å². The average molecular weight is 390 g/mol. The Morgan fingerprint density at radius 3 is 2.44 bits per heavy atom. The number of aromatic carboxylic acids is 1. The van der Waals surface area contributed by atoms with E-state index in [2.05, 4.69) is 10.0 Å². The van der Waals surface area contributed by atoms with Gasteiger partial charge in [-0.2, -0.15) is 0 Å². The molecule has 144 valence electrons. The molecule has 0 aliphatic rings. The van der Waals surface area contributed by atoms with Crippen LogP contribution >= 0.6 is 0 Å². The maximum absolute atomic E-state index is 12.2. The van der Waals surface area contributed by atoms with Crippen LogP contribution in [0.4, 0.5) is 11.4 Å². The summed E-state index contributed by atoms with van der Waals surface area (Å²) in [6.07, 6.45) is 0.900. The zero-order valence-electron chi connectivity index (χ0n) is 14.9. The summed E-state index contributed by atoms with van der Waals surface area (Å²) in [5, 5.41) is 11.9. The van der Waals surface area contributed by atoms with Gasteiger partial charge in [-0.15, -0.1) is 0 Å². The van der Waals surface area contributed by atoms with E-state index in [1.54, 1.807) is 43.3 Å². The quantitative estimate of drug-likeness (QED) is 0.609. The highest BCUT2D eigenvalue weighted by Gasteiger charge is 2.12. The van der Waals surface area contributed by atoms with Gasteiger partial charge >= 0.3 is 5.97 Å². The molecule has 0 atom stereocenters. The smallest absolute Gasteiger partial charge is 0.335 e. The molecular formula is C19H22N2O5S. The van der Waals surface area contributed by atoms with Crippen molar-refractivity contribution in [3.8, 4) is 0 Å². The lowest BCUT2D eigenvalue weighted by atomic mass is 10.0. The highest BCUT2D eigenvalue weighted by Crippen LogP contribution is 2.18. The number of sulfonamides is 1. The van der Waals surface area contributed by atoms with Gasteiger partial charge < -0.3 is 10.4 Å². The van der Waals surface area contributed by atoms with Gasteiger partial charge in [0.05, 0.1) is 17.0 Å². The van der Waals surface area contributed by atoms with Gasteiger partial charge in [0, 0.05) is 12.1 Å². The molecule has 0 fully saturated rings. The molecule has 0 radical (unpaired) electrons. The third kappa shape index (κ3) is 6.41. The number of carbonyl (C=O) groups is 2. The van der Waals surface area contributed by atoms with Crippen molar-refractivity contribution >= 4 is 33.3 Å². The summed E-state index contributed by atoms with van der Waals surface area (Å²) in [4.78, 5) is 23.4. The summed E-state index contributed by atoms with van der Waals surface area (Å²) in [5.41, 5.74) is 1.60. The molecule has 0 heterocycles. The summed E-state index contributed by atoms with van der Waals surface area (Å²) < 4.78 is 26.1. The minimum atomic E-state index is -3.41. The summed E-state index contributed by atoms with van der Waals surface area (Å²) in [6, 6.07) is 13.0. The average Bonchev–Trinajstić information content (AvgIpc) is 2.60. The summed E-state index contributed by atoms with van der Waals surface area (Å²) in [6.45, 7) is 1.78. The molecule has 0 saturated carbocycles. The number of benzene rings is 2. The number of anilines is 2. The van der Waals surface area contributed by atoms with Gasteiger partial charge in [-0.1, -0.05) is 31.2 Å². The van der Waals surface area contributed by atoms with E-state index in [1.807, 2.05) is 0 Å². The molecule has 0 aromatic heterocycles. The van der Waals surface area contributed by atoms with E-state index in [0.717, 1.165) is 0 Å². The Kier molecular flexibility index (Phi) is 6.95. The normalized spacial score (nSPS) is 11.0. The minimum absolute atomic E-state index is 0.0204. The number of carboxylic acid groups (broad SMARTS) is 1. The highest BCUT2D eigenvalue weighted by molar-refractivity contribution is 7.92. The highest BCUT2D eigenvalue weighted by atomic mass is 32.2. The van der Waals surface area contributed by atoms with Crippen LogP contribution in [0.15, 0.2) is 48.5 Å². The molecule has 7 nitrogen and oxygen atoms in total. The van der Waals surface area contributed by atoms with Crippen molar-refractivity contribution in [1.29, 1.82) is 0 Å². The Hall–Kier alpha value is -2.87. The monoisotopic (exact) mass is 390 g/mol. The second-order valence-corrected chi connectivity index (χ2v) is 7.85. The van der Waals surface area contributed by atoms with E-state index >= 15 is 0 Å². The van der Waals surface area contributed by atoms with E-state index in [9.17, 15) is 23.1 Å². The standard InChI is InChI=1S/C19H22N2O5S/c1-2-12-27(25,26)21-16-8-5-7-15(13-16)20-18(22)11-10-14-6-3-4-9-17(14)19(23)24/h3-9,13,21H,2,10-12H2,1H3,(H,20,22)(H,23,24). The fourth-order valence-electron chi connectivity index (χ4n) is 2.58. The zero-order valence-corrected chi connectivity index (χ0v) is 15.8. The lowest BCUT2D eigenvalue weighted by Crippen LogP contribution is -2.17. The Morgan fingerprint density at radius 1 is 1.04 bits per heavy atom. The van der Waals surface area contributed by atoms with E-state index in [4.69, 9.17) is 0 Å². The molecule has 2 aromatic carbocycles. The Labute approximate surface area is 158 Å². The third-order valence-corrected chi connectivity index (χ3v) is 5.25. The van der Waals surface area contributed by atoms with Crippen LogP contribution in [-0.2, 0) is 21.2 Å². The molecule has 0 aliphatic carbocycles. The molecule has 0 spiro atoms. The summed E-state index contributed by atoms with van der Waals surface area (Å²) in [5.74, 6) is -1.30. The van der Waals surface area contributed by atoms with Gasteiger partial charge in [-0.3, -0.25) is 9.52 Å². The van der Waals surface area contributed by atoms with Crippen LogP contribution in [0.2, 0.25) is 0 Å². The number of nitrogens with one attached hydrogen (secondary N) is 2. The number of amides is 1. The van der Waals surface area contributed by atoms with Gasteiger partial charge in [-0.25, -0.2) is 13.2 Å². The SMILES string of the molecule is CCCS(=O)(=O)Nc1cccc(NC(=O)CCc2ccccc2C(=O)O)c1. The first kappa shape index (κ1) is 20.4. The van der Waals surface area contributed by atoms with Crippen LogP contribution in [0.25, 0.3) is 0 Å². The van der Waals surface area contributed by atoms with Gasteiger partial charge in [-0.05, 0) is 42.7 Å². The molecule has 2 rings (SSSR count). The number of rotatable bonds is 9. The van der Waals surface area contributed by atoms with Gasteiger partial charge in [0.15, 0.2) is 0 Å². The molecular weight excluding hydrogens is 368 g/mol. The zero-order chi connectivity index (χ0) is 19.9. The molecule has 0 unspecified atom stereocenters. The largest absolute Gasteiger partial charge is 0.478 e. The lowest BCUT2D eigenvalue weighted by molar-refractivity contribution is -0.116. The predicted octanol–water partition coefficient (Wildman–Crippen LogP) is 3.11. The molecule has 27 heavy (non-hydrogen) atoms. The van der Waals surface area contributed by atoms with Gasteiger partial charge in [0.1, 0.15) is 0 Å². The van der Waals surface area contributed by atoms with Crippen molar-refractivity contribution < 1.29 is 23.1 Å². The van der Waals surface area contributed by atoms with Crippen molar-refractivity contribution in [3.63, 3.8) is 0 Å². The van der Waals surface area contributed by atoms with Crippen LogP contribution in [0.1, 0.15) is 35.7 Å². The molecule has 1 amide bonds. The first-order valence-corrected chi connectivity index (χ1v) is 10.2. The maximum Gasteiger partial charge on any atom is 0.335 e. The molecule has 8 heteroatoms. The molecule has 2 aromatic rings. The summed E-state index contributed by atoms with van der Waals surface area (Å²) in [7, 11) is -3.41.